The number of benzene rings is 3. The van der Waals surface area contributed by atoms with Crippen LogP contribution < -0.4 is 10.1 Å². The fraction of sp³-hybridized carbons (Fsp3) is 0.375. The van der Waals surface area contributed by atoms with Gasteiger partial charge < -0.3 is 33.6 Å². The minimum absolute atomic E-state index is 0.00317. The lowest BCUT2D eigenvalue weighted by atomic mass is 9.70. The van der Waals surface area contributed by atoms with Crippen molar-refractivity contribution in [3.8, 4) is 5.75 Å². The number of esters is 4. The molecule has 3 heterocycles. The summed E-state index contributed by atoms with van der Waals surface area (Å²) in [6.07, 6.45) is -0.744. The zero-order valence-electron chi connectivity index (χ0n) is 29.3. The van der Waals surface area contributed by atoms with Gasteiger partial charge in [-0.2, -0.15) is 0 Å². The molecule has 3 aromatic carbocycles. The van der Waals surface area contributed by atoms with Crippen molar-refractivity contribution in [3.05, 3.63) is 95.2 Å². The topological polar surface area (TPSA) is 148 Å². The van der Waals surface area contributed by atoms with Crippen LogP contribution in [0, 0.1) is 5.41 Å². The van der Waals surface area contributed by atoms with Crippen molar-refractivity contribution in [2.45, 2.75) is 71.8 Å². The molecule has 0 amide bonds. The van der Waals surface area contributed by atoms with Crippen LogP contribution in [0.5, 0.6) is 5.75 Å². The van der Waals surface area contributed by atoms with E-state index in [1.165, 1.54) is 0 Å². The summed E-state index contributed by atoms with van der Waals surface area (Å²) < 4.78 is 29.7. The van der Waals surface area contributed by atoms with E-state index in [0.717, 1.165) is 11.1 Å². The summed E-state index contributed by atoms with van der Waals surface area (Å²) >= 11 is 0. The van der Waals surface area contributed by atoms with Crippen molar-refractivity contribution < 1.29 is 47.7 Å². The van der Waals surface area contributed by atoms with Gasteiger partial charge in [-0.25, -0.2) is 4.79 Å². The van der Waals surface area contributed by atoms with Gasteiger partial charge in [0.05, 0.1) is 48.4 Å². The van der Waals surface area contributed by atoms with Gasteiger partial charge in [0.25, 0.3) is 0 Å². The number of ether oxygens (including phenoxy) is 5. The van der Waals surface area contributed by atoms with Crippen LogP contribution in [0.1, 0.15) is 77.9 Å². The summed E-state index contributed by atoms with van der Waals surface area (Å²) in [5.74, 6) is -1.97. The summed E-state index contributed by atoms with van der Waals surface area (Å²) in [6, 6.07) is 21.9. The molecular formula is C40H42N2O10. The number of hydrogen-bond acceptors (Lipinski definition) is 11. The van der Waals surface area contributed by atoms with Gasteiger partial charge in [0.2, 0.25) is 0 Å². The van der Waals surface area contributed by atoms with Crippen LogP contribution in [0.2, 0.25) is 0 Å². The highest BCUT2D eigenvalue weighted by Gasteiger charge is 2.47. The fourth-order valence-electron chi connectivity index (χ4n) is 6.85. The second kappa shape index (κ2) is 16.1. The Morgan fingerprint density at radius 2 is 1.40 bits per heavy atom. The predicted octanol–water partition coefficient (Wildman–Crippen LogP) is 6.17. The molecular weight excluding hydrogens is 668 g/mol. The van der Waals surface area contributed by atoms with Gasteiger partial charge in [-0.05, 0) is 49.9 Å². The van der Waals surface area contributed by atoms with Crippen LogP contribution in [0.15, 0.2) is 72.8 Å². The van der Waals surface area contributed by atoms with E-state index >= 15 is 4.79 Å². The molecule has 272 valence electrons. The van der Waals surface area contributed by atoms with E-state index in [9.17, 15) is 19.2 Å². The van der Waals surface area contributed by atoms with E-state index in [1.807, 2.05) is 60.7 Å². The van der Waals surface area contributed by atoms with Crippen molar-refractivity contribution in [2.75, 3.05) is 25.1 Å². The largest absolute Gasteiger partial charge is 0.486 e. The normalized spacial score (nSPS) is 15.5. The average molecular weight is 711 g/mol. The molecule has 4 aromatic rings. The van der Waals surface area contributed by atoms with Gasteiger partial charge in [0.15, 0.2) is 5.78 Å². The van der Waals surface area contributed by atoms with E-state index in [2.05, 4.69) is 5.32 Å². The van der Waals surface area contributed by atoms with Crippen LogP contribution in [-0.4, -0.2) is 60.1 Å². The van der Waals surface area contributed by atoms with E-state index in [4.69, 9.17) is 23.7 Å². The number of carbonyl (C=O) groups excluding carboxylic acids is 5. The Morgan fingerprint density at radius 1 is 0.808 bits per heavy atom. The van der Waals surface area contributed by atoms with Crippen molar-refractivity contribution in [1.82, 2.24) is 4.57 Å². The van der Waals surface area contributed by atoms with Gasteiger partial charge in [-0.1, -0.05) is 60.7 Å². The Balaban J connectivity index is 1.34. The maximum absolute atomic E-state index is 15.0. The Kier molecular flexibility index (Phi) is 11.2. The molecule has 0 aliphatic carbocycles. The molecule has 1 atom stereocenters. The van der Waals surface area contributed by atoms with E-state index in [0.29, 0.717) is 22.3 Å². The number of rotatable bonds is 15. The first-order valence-corrected chi connectivity index (χ1v) is 17.6. The Labute approximate surface area is 301 Å². The van der Waals surface area contributed by atoms with Crippen LogP contribution in [0.4, 0.5) is 5.69 Å². The summed E-state index contributed by atoms with van der Waals surface area (Å²) in [6.45, 7) is 4.18. The molecule has 0 radical (unpaired) electrons. The molecule has 0 bridgehead atoms. The standard InChI is InChI=1S/C40H42N2O10/c1-3-48-34(45)21-29-22-41-36-31(52-29)20-28-19-30(39(47)49-4-2)42-25-40(38(46)35(36)37(28)42,17-15-32(43)50-23-26-11-7-5-8-12-26)18-16-33(44)51-24-27-13-9-6-10-14-27/h5-14,19-20,29,41H,3-4,15-18,21-25H2,1-2H3. The minimum Gasteiger partial charge on any atom is -0.486 e. The number of hydrogen-bond donors (Lipinski definition) is 1. The van der Waals surface area contributed by atoms with E-state index in [-0.39, 0.29) is 88.7 Å². The SMILES string of the molecule is CCOC(=O)CC1CNc2c(cc3cc(C(=O)OCC)n4c3c2C(=O)C(CCC(=O)OCc2ccccc2)(CCC(=O)OCc2ccccc2)C4)O1. The Morgan fingerprint density at radius 3 is 1.98 bits per heavy atom. The first kappa shape index (κ1) is 36.2. The summed E-state index contributed by atoms with van der Waals surface area (Å²) in [4.78, 5) is 67.0. The number of fused-ring (bicyclic) bond motifs is 2. The Bertz CT molecular complexity index is 1890. The molecule has 0 saturated carbocycles. The van der Waals surface area contributed by atoms with E-state index in [1.54, 1.807) is 30.5 Å². The molecule has 0 spiro atoms. The fourth-order valence-corrected chi connectivity index (χ4v) is 6.85. The number of Topliss-reactive ketones (excluding diaryl/α,β-unsaturated/α-hetero) is 1. The second-order valence-corrected chi connectivity index (χ2v) is 12.9. The molecule has 1 N–H and O–H groups in total. The summed E-state index contributed by atoms with van der Waals surface area (Å²) in [5, 5.41) is 3.88. The summed E-state index contributed by atoms with van der Waals surface area (Å²) in [5.41, 5.74) is 1.74. The molecule has 0 saturated heterocycles. The number of ketones is 1. The van der Waals surface area contributed by atoms with Gasteiger partial charge >= 0.3 is 23.9 Å². The number of anilines is 1. The Hall–Kier alpha value is -5.65. The molecule has 12 nitrogen and oxygen atoms in total. The third-order valence-electron chi connectivity index (χ3n) is 9.40. The minimum atomic E-state index is -1.32. The second-order valence-electron chi connectivity index (χ2n) is 12.9. The first-order chi connectivity index (χ1) is 25.2. The number of nitrogens with zero attached hydrogens (tertiary/aromatic N) is 1. The average Bonchev–Trinajstić information content (AvgIpc) is 3.51. The van der Waals surface area contributed by atoms with Crippen LogP contribution in [0.25, 0.3) is 10.9 Å². The smallest absolute Gasteiger partial charge is 0.354 e. The molecule has 0 fully saturated rings. The lowest BCUT2D eigenvalue weighted by Crippen LogP contribution is -2.42. The third kappa shape index (κ3) is 7.96. The van der Waals surface area contributed by atoms with Gasteiger partial charge in [-0.3, -0.25) is 19.2 Å². The highest BCUT2D eigenvalue weighted by atomic mass is 16.5. The first-order valence-electron chi connectivity index (χ1n) is 17.6. The van der Waals surface area contributed by atoms with Gasteiger partial charge in [0, 0.05) is 24.8 Å². The maximum Gasteiger partial charge on any atom is 0.354 e. The van der Waals surface area contributed by atoms with Crippen molar-refractivity contribution in [1.29, 1.82) is 0 Å². The number of aromatic nitrogens is 1. The highest BCUT2D eigenvalue weighted by molar-refractivity contribution is 6.18. The monoisotopic (exact) mass is 710 g/mol. The van der Waals surface area contributed by atoms with Crippen molar-refractivity contribution >= 4 is 46.3 Å². The zero-order chi connectivity index (χ0) is 36.7. The quantitative estimate of drug-likeness (QED) is 0.111. The summed E-state index contributed by atoms with van der Waals surface area (Å²) in [7, 11) is 0. The van der Waals surface area contributed by atoms with Crippen molar-refractivity contribution in [3.63, 3.8) is 0 Å². The van der Waals surface area contributed by atoms with Crippen LogP contribution >= 0.6 is 0 Å². The molecule has 2 aliphatic rings. The van der Waals surface area contributed by atoms with Crippen LogP contribution in [0.3, 0.4) is 0 Å². The van der Waals surface area contributed by atoms with Crippen molar-refractivity contribution in [2.24, 2.45) is 5.41 Å². The lowest BCUT2D eigenvalue weighted by Gasteiger charge is -2.39. The number of carbonyl (C=O) groups is 5. The zero-order valence-corrected chi connectivity index (χ0v) is 29.3. The van der Waals surface area contributed by atoms with Crippen LogP contribution in [-0.2, 0) is 53.1 Å². The predicted molar refractivity (Wildman–Crippen MR) is 190 cm³/mol. The molecule has 2 aliphatic heterocycles. The molecule has 52 heavy (non-hydrogen) atoms. The third-order valence-corrected chi connectivity index (χ3v) is 9.40. The highest BCUT2D eigenvalue weighted by Crippen LogP contribution is 2.49. The lowest BCUT2D eigenvalue weighted by molar-refractivity contribution is -0.146. The maximum atomic E-state index is 15.0. The van der Waals surface area contributed by atoms with Gasteiger partial charge in [-0.15, -0.1) is 0 Å². The number of nitrogens with one attached hydrogen (secondary N) is 1. The molecule has 6 rings (SSSR count). The molecule has 1 aromatic heterocycles. The molecule has 12 heteroatoms. The van der Waals surface area contributed by atoms with E-state index < -0.39 is 35.4 Å². The molecule has 1 unspecified atom stereocenters. The van der Waals surface area contributed by atoms with Gasteiger partial charge in [0.1, 0.15) is 30.8 Å².